The van der Waals surface area contributed by atoms with Crippen molar-refractivity contribution in [1.29, 1.82) is 0 Å². The Morgan fingerprint density at radius 3 is 2.42 bits per heavy atom. The maximum Gasteiger partial charge on any atom is 0.308 e. The summed E-state index contributed by atoms with van der Waals surface area (Å²) in [7, 11) is 0. The van der Waals surface area contributed by atoms with Gasteiger partial charge in [0.25, 0.3) is 0 Å². The molecule has 1 aliphatic heterocycles. The fourth-order valence-corrected chi connectivity index (χ4v) is 2.35. The number of carbonyl (C=O) groups is 3. The number of piperidine rings is 1. The zero-order valence-electron chi connectivity index (χ0n) is 11.7. The molecule has 6 nitrogen and oxygen atoms in total. The van der Waals surface area contributed by atoms with E-state index >= 15 is 0 Å². The van der Waals surface area contributed by atoms with Gasteiger partial charge in [0.1, 0.15) is 0 Å². The molecule has 19 heavy (non-hydrogen) atoms. The van der Waals surface area contributed by atoms with E-state index in [2.05, 4.69) is 5.32 Å². The van der Waals surface area contributed by atoms with E-state index in [1.807, 2.05) is 13.8 Å². The van der Waals surface area contributed by atoms with Crippen LogP contribution < -0.4 is 5.32 Å². The number of nitrogens with one attached hydrogen (secondary N) is 1. The van der Waals surface area contributed by atoms with Crippen molar-refractivity contribution in [2.24, 2.45) is 11.8 Å². The first-order valence-electron chi connectivity index (χ1n) is 6.57. The van der Waals surface area contributed by atoms with Gasteiger partial charge < -0.3 is 15.3 Å². The number of aliphatic carboxylic acids is 1. The van der Waals surface area contributed by atoms with Crippen molar-refractivity contribution in [3.8, 4) is 0 Å². The summed E-state index contributed by atoms with van der Waals surface area (Å²) in [6, 6.07) is -0.275. The van der Waals surface area contributed by atoms with Crippen LogP contribution in [0.3, 0.4) is 0 Å². The Hall–Kier alpha value is -1.59. The number of hydrogen-bond acceptors (Lipinski definition) is 3. The minimum atomic E-state index is -0.919. The summed E-state index contributed by atoms with van der Waals surface area (Å²) in [4.78, 5) is 35.8. The zero-order chi connectivity index (χ0) is 14.6. The maximum absolute atomic E-state index is 12.0. The third kappa shape index (κ3) is 4.89. The molecule has 0 aliphatic carbocycles. The zero-order valence-corrected chi connectivity index (χ0v) is 11.7. The third-order valence-electron chi connectivity index (χ3n) is 3.14. The molecule has 0 bridgehead atoms. The van der Waals surface area contributed by atoms with E-state index in [4.69, 9.17) is 5.11 Å². The second-order valence-electron chi connectivity index (χ2n) is 5.57. The van der Waals surface area contributed by atoms with Crippen LogP contribution in [0.1, 0.15) is 33.6 Å². The summed E-state index contributed by atoms with van der Waals surface area (Å²) in [5.74, 6) is -1.54. The van der Waals surface area contributed by atoms with Crippen molar-refractivity contribution in [3.63, 3.8) is 0 Å². The molecule has 0 aromatic rings. The monoisotopic (exact) mass is 270 g/mol. The largest absolute Gasteiger partial charge is 0.481 e. The van der Waals surface area contributed by atoms with Crippen LogP contribution in [-0.4, -0.2) is 46.9 Å². The quantitative estimate of drug-likeness (QED) is 0.777. The molecule has 108 valence electrons. The van der Waals surface area contributed by atoms with Crippen molar-refractivity contribution in [2.75, 3.05) is 13.1 Å². The highest BCUT2D eigenvalue weighted by molar-refractivity contribution is 5.79. The van der Waals surface area contributed by atoms with E-state index in [-0.39, 0.29) is 30.3 Å². The van der Waals surface area contributed by atoms with Crippen LogP contribution >= 0.6 is 0 Å². The molecule has 2 N–H and O–H groups in total. The van der Waals surface area contributed by atoms with Gasteiger partial charge in [-0.25, -0.2) is 0 Å². The molecule has 1 fully saturated rings. The van der Waals surface area contributed by atoms with Gasteiger partial charge in [0.05, 0.1) is 5.92 Å². The molecule has 0 aromatic heterocycles. The number of carbonyl (C=O) groups excluding carboxylic acids is 2. The molecule has 6 heteroatoms. The summed E-state index contributed by atoms with van der Waals surface area (Å²) >= 11 is 0. The smallest absolute Gasteiger partial charge is 0.308 e. The van der Waals surface area contributed by atoms with Crippen LogP contribution in [0.25, 0.3) is 0 Å². The van der Waals surface area contributed by atoms with Gasteiger partial charge in [0.2, 0.25) is 11.8 Å². The van der Waals surface area contributed by atoms with Gasteiger partial charge in [-0.05, 0) is 12.3 Å². The Kier molecular flexibility index (Phi) is 5.32. The third-order valence-corrected chi connectivity index (χ3v) is 3.14. The summed E-state index contributed by atoms with van der Waals surface area (Å²) in [5.41, 5.74) is 0. The summed E-state index contributed by atoms with van der Waals surface area (Å²) in [6.07, 6.45) is 0.777. The second-order valence-corrected chi connectivity index (χ2v) is 5.57. The van der Waals surface area contributed by atoms with E-state index in [1.54, 1.807) is 4.90 Å². The number of carboxylic acids is 1. The van der Waals surface area contributed by atoms with Crippen LogP contribution in [-0.2, 0) is 14.4 Å². The highest BCUT2D eigenvalue weighted by Crippen LogP contribution is 2.19. The first-order valence-corrected chi connectivity index (χ1v) is 6.57. The number of hydrogen-bond donors (Lipinski definition) is 2. The van der Waals surface area contributed by atoms with Crippen molar-refractivity contribution in [1.82, 2.24) is 10.2 Å². The molecule has 0 aromatic carbocycles. The van der Waals surface area contributed by atoms with Crippen molar-refractivity contribution in [2.45, 2.75) is 39.7 Å². The predicted molar refractivity (Wildman–Crippen MR) is 69.4 cm³/mol. The molecule has 2 amide bonds. The molecule has 2 atom stereocenters. The van der Waals surface area contributed by atoms with Crippen LogP contribution in [0.15, 0.2) is 0 Å². The topological polar surface area (TPSA) is 86.7 Å². The SMILES string of the molecule is CC(=O)NC1CC(C(=O)O)CN(C(=O)CC(C)C)C1. The van der Waals surface area contributed by atoms with E-state index < -0.39 is 11.9 Å². The van der Waals surface area contributed by atoms with Crippen LogP contribution in [0, 0.1) is 11.8 Å². The average Bonchev–Trinajstić information content (AvgIpc) is 2.26. The summed E-state index contributed by atoms with van der Waals surface area (Å²) in [5, 5.41) is 11.8. The standard InChI is InChI=1S/C13H22N2O4/c1-8(2)4-12(17)15-6-10(13(18)19)5-11(7-15)14-9(3)16/h8,10-11H,4-7H2,1-3H3,(H,14,16)(H,18,19). The minimum Gasteiger partial charge on any atom is -0.481 e. The first-order chi connectivity index (χ1) is 8.79. The lowest BCUT2D eigenvalue weighted by Gasteiger charge is -2.36. The van der Waals surface area contributed by atoms with E-state index in [9.17, 15) is 14.4 Å². The molecule has 1 saturated heterocycles. The first kappa shape index (κ1) is 15.5. The Morgan fingerprint density at radius 1 is 1.32 bits per heavy atom. The average molecular weight is 270 g/mol. The molecular formula is C13H22N2O4. The molecule has 0 radical (unpaired) electrons. The molecule has 0 saturated carbocycles. The van der Waals surface area contributed by atoms with Gasteiger partial charge in [-0.1, -0.05) is 13.8 Å². The van der Waals surface area contributed by atoms with E-state index in [0.29, 0.717) is 19.4 Å². The molecular weight excluding hydrogens is 248 g/mol. The molecule has 1 heterocycles. The minimum absolute atomic E-state index is 0.0451. The highest BCUT2D eigenvalue weighted by atomic mass is 16.4. The molecule has 2 unspecified atom stereocenters. The maximum atomic E-state index is 12.0. The molecule has 1 aliphatic rings. The van der Waals surface area contributed by atoms with Crippen LogP contribution in [0.2, 0.25) is 0 Å². The molecule has 1 rings (SSSR count). The Bertz CT molecular complexity index is 368. The van der Waals surface area contributed by atoms with Crippen LogP contribution in [0.4, 0.5) is 0 Å². The van der Waals surface area contributed by atoms with Gasteiger partial charge in [-0.15, -0.1) is 0 Å². The van der Waals surface area contributed by atoms with E-state index in [0.717, 1.165) is 0 Å². The Labute approximate surface area is 113 Å². The number of carboxylic acid groups (broad SMARTS) is 1. The fraction of sp³-hybridized carbons (Fsp3) is 0.769. The van der Waals surface area contributed by atoms with Gasteiger partial charge >= 0.3 is 5.97 Å². The second kappa shape index (κ2) is 6.54. The summed E-state index contributed by atoms with van der Waals surface area (Å²) < 4.78 is 0. The lowest BCUT2D eigenvalue weighted by Crippen LogP contribution is -2.53. The normalized spacial score (nSPS) is 23.3. The van der Waals surface area contributed by atoms with Crippen molar-refractivity contribution in [3.05, 3.63) is 0 Å². The number of nitrogens with zero attached hydrogens (tertiary/aromatic N) is 1. The van der Waals surface area contributed by atoms with Gasteiger partial charge in [0.15, 0.2) is 0 Å². The van der Waals surface area contributed by atoms with Gasteiger partial charge in [0, 0.05) is 32.5 Å². The Morgan fingerprint density at radius 2 is 1.95 bits per heavy atom. The van der Waals surface area contributed by atoms with Gasteiger partial charge in [-0.2, -0.15) is 0 Å². The number of likely N-dealkylation sites (tertiary alicyclic amines) is 1. The number of rotatable bonds is 4. The Balaban J connectivity index is 2.72. The predicted octanol–water partition coefficient (Wildman–Crippen LogP) is 0.470. The van der Waals surface area contributed by atoms with E-state index in [1.165, 1.54) is 6.92 Å². The van der Waals surface area contributed by atoms with Crippen molar-refractivity contribution < 1.29 is 19.5 Å². The lowest BCUT2D eigenvalue weighted by molar-refractivity contribution is -0.147. The lowest BCUT2D eigenvalue weighted by atomic mass is 9.93. The molecule has 0 spiro atoms. The summed E-state index contributed by atoms with van der Waals surface area (Å²) in [6.45, 7) is 5.92. The number of amides is 2. The van der Waals surface area contributed by atoms with Crippen molar-refractivity contribution >= 4 is 17.8 Å². The highest BCUT2D eigenvalue weighted by Gasteiger charge is 2.34. The van der Waals surface area contributed by atoms with Gasteiger partial charge in [-0.3, -0.25) is 14.4 Å². The fourth-order valence-electron chi connectivity index (χ4n) is 2.35. The van der Waals surface area contributed by atoms with Crippen LogP contribution in [0.5, 0.6) is 0 Å².